The fourth-order valence-electron chi connectivity index (χ4n) is 0.464. The summed E-state index contributed by atoms with van der Waals surface area (Å²) >= 11 is 0. The molecule has 0 radical (unpaired) electrons. The average Bonchev–Trinajstić information content (AvgIpc) is 2.10. The topological polar surface area (TPSA) is 38.3 Å². The second-order valence-electron chi connectivity index (χ2n) is 1.95. The first-order valence-electron chi connectivity index (χ1n) is 3.94. The van der Waals surface area contributed by atoms with E-state index in [0.717, 1.165) is 24.3 Å². The summed E-state index contributed by atoms with van der Waals surface area (Å²) in [7, 11) is 3.45. The molecular weight excluding hydrogens is 194 g/mol. The van der Waals surface area contributed by atoms with Gasteiger partial charge in [0.05, 0.1) is 6.61 Å². The molecule has 0 aromatic carbocycles. The van der Waals surface area contributed by atoms with E-state index in [9.17, 15) is 4.79 Å². The summed E-state index contributed by atoms with van der Waals surface area (Å²) in [5, 5.41) is 0. The van der Waals surface area contributed by atoms with Crippen LogP contribution < -0.4 is 5.48 Å². The number of rotatable bonds is 9. The third-order valence-electron chi connectivity index (χ3n) is 0.917. The van der Waals surface area contributed by atoms with Gasteiger partial charge < -0.3 is 9.63 Å². The lowest BCUT2D eigenvalue weighted by Gasteiger charge is -2.01. The van der Waals surface area contributed by atoms with Crippen molar-refractivity contribution in [2.45, 2.75) is 13.3 Å². The van der Waals surface area contributed by atoms with Crippen LogP contribution in [0.25, 0.3) is 0 Å². The smallest absolute Gasteiger partial charge is 0.120 e. The predicted molar refractivity (Wildman–Crippen MR) is 55.2 cm³/mol. The minimum atomic E-state index is 0.645. The normalized spacial score (nSPS) is 10.1. The molecule has 0 aliphatic heterocycles. The van der Waals surface area contributed by atoms with E-state index in [1.54, 1.807) is 21.6 Å². The third kappa shape index (κ3) is 10.3. The van der Waals surface area contributed by atoms with Crippen LogP contribution in [0.1, 0.15) is 13.3 Å². The highest BCUT2D eigenvalue weighted by molar-refractivity contribution is 8.76. The van der Waals surface area contributed by atoms with Crippen molar-refractivity contribution in [1.82, 2.24) is 5.48 Å². The zero-order chi connectivity index (χ0) is 9.07. The Morgan fingerprint density at radius 2 is 2.17 bits per heavy atom. The zero-order valence-corrected chi connectivity index (χ0v) is 8.88. The molecule has 0 atom stereocenters. The van der Waals surface area contributed by atoms with E-state index >= 15 is 0 Å². The van der Waals surface area contributed by atoms with Gasteiger partial charge in [0.2, 0.25) is 0 Å². The Kier molecular flexibility index (Phi) is 11.6. The molecule has 0 rings (SSSR count). The van der Waals surface area contributed by atoms with Crippen LogP contribution in [0.2, 0.25) is 0 Å². The van der Waals surface area contributed by atoms with Crippen molar-refractivity contribution >= 4 is 27.9 Å². The minimum absolute atomic E-state index is 0.645. The first kappa shape index (κ1) is 12.3. The number of hydrogen-bond acceptors (Lipinski definition) is 5. The SMILES string of the molecule is CCNOCCSSCCC=O. The van der Waals surface area contributed by atoms with Crippen LogP contribution in [-0.2, 0) is 9.63 Å². The van der Waals surface area contributed by atoms with Crippen molar-refractivity contribution in [1.29, 1.82) is 0 Å². The molecule has 0 aliphatic rings. The van der Waals surface area contributed by atoms with Crippen molar-refractivity contribution in [2.24, 2.45) is 0 Å². The summed E-state index contributed by atoms with van der Waals surface area (Å²) in [5.74, 6) is 1.85. The van der Waals surface area contributed by atoms with Gasteiger partial charge in [0.1, 0.15) is 6.29 Å². The number of hydroxylamine groups is 1. The summed E-state index contributed by atoms with van der Waals surface area (Å²) in [6.07, 6.45) is 1.59. The van der Waals surface area contributed by atoms with Crippen molar-refractivity contribution in [3.8, 4) is 0 Å². The highest BCUT2D eigenvalue weighted by atomic mass is 33.1. The van der Waals surface area contributed by atoms with Crippen LogP contribution in [0.15, 0.2) is 0 Å². The van der Waals surface area contributed by atoms with Crippen molar-refractivity contribution in [3.05, 3.63) is 0 Å². The van der Waals surface area contributed by atoms with Crippen molar-refractivity contribution in [3.63, 3.8) is 0 Å². The number of carbonyl (C=O) groups is 1. The maximum atomic E-state index is 9.92. The maximum absolute atomic E-state index is 9.92. The number of carbonyl (C=O) groups excluding carboxylic acids is 1. The molecule has 5 heteroatoms. The summed E-state index contributed by atoms with van der Waals surface area (Å²) in [6.45, 7) is 3.54. The van der Waals surface area contributed by atoms with Gasteiger partial charge in [-0.3, -0.25) is 0 Å². The molecule has 0 saturated heterocycles. The van der Waals surface area contributed by atoms with E-state index in [4.69, 9.17) is 4.84 Å². The number of hydrogen-bond donors (Lipinski definition) is 1. The largest absolute Gasteiger partial charge is 0.303 e. The molecule has 1 N–H and O–H groups in total. The molecule has 0 heterocycles. The summed E-state index contributed by atoms with van der Waals surface area (Å²) < 4.78 is 0. The molecule has 72 valence electrons. The lowest BCUT2D eigenvalue weighted by Crippen LogP contribution is -2.14. The Morgan fingerprint density at radius 1 is 1.42 bits per heavy atom. The molecule has 0 aromatic rings. The fourth-order valence-corrected chi connectivity index (χ4v) is 2.24. The standard InChI is InChI=1S/C7H15NO2S2/c1-2-8-10-5-7-12-11-6-3-4-9/h4,8H,2-3,5-7H2,1H3. The molecular formula is C7H15NO2S2. The highest BCUT2D eigenvalue weighted by Gasteiger charge is 1.90. The summed E-state index contributed by atoms with van der Waals surface area (Å²) in [5.41, 5.74) is 2.77. The monoisotopic (exact) mass is 209 g/mol. The zero-order valence-electron chi connectivity index (χ0n) is 7.25. The molecule has 0 bridgehead atoms. The van der Waals surface area contributed by atoms with Gasteiger partial charge in [0, 0.05) is 24.5 Å². The number of aldehydes is 1. The molecule has 0 saturated carbocycles. The molecule has 12 heavy (non-hydrogen) atoms. The number of nitrogens with one attached hydrogen (secondary N) is 1. The lowest BCUT2D eigenvalue weighted by molar-refractivity contribution is -0.107. The molecule has 0 fully saturated rings. The summed E-state index contributed by atoms with van der Waals surface area (Å²) in [4.78, 5) is 15.0. The van der Waals surface area contributed by atoms with Gasteiger partial charge in [-0.15, -0.1) is 0 Å². The fraction of sp³-hybridized carbons (Fsp3) is 0.857. The average molecular weight is 209 g/mol. The van der Waals surface area contributed by atoms with Crippen LogP contribution in [-0.4, -0.2) is 30.9 Å². The van der Waals surface area contributed by atoms with Crippen molar-refractivity contribution in [2.75, 3.05) is 24.7 Å². The van der Waals surface area contributed by atoms with Crippen LogP contribution >= 0.6 is 21.6 Å². The van der Waals surface area contributed by atoms with Gasteiger partial charge in [-0.1, -0.05) is 28.5 Å². The van der Waals surface area contributed by atoms with Gasteiger partial charge in [-0.05, 0) is 0 Å². The Hall–Kier alpha value is 0.290. The van der Waals surface area contributed by atoms with Crippen LogP contribution in [0.5, 0.6) is 0 Å². The van der Waals surface area contributed by atoms with E-state index in [1.165, 1.54) is 0 Å². The van der Waals surface area contributed by atoms with E-state index in [2.05, 4.69) is 5.48 Å². The van der Waals surface area contributed by atoms with E-state index < -0.39 is 0 Å². The first-order valence-corrected chi connectivity index (χ1v) is 6.43. The Labute approximate surface area is 81.4 Å². The molecule has 0 amide bonds. The van der Waals surface area contributed by atoms with Gasteiger partial charge in [0.25, 0.3) is 0 Å². The molecule has 0 unspecified atom stereocenters. The Bertz CT molecular complexity index is 103. The van der Waals surface area contributed by atoms with Crippen LogP contribution in [0, 0.1) is 0 Å². The van der Waals surface area contributed by atoms with Crippen molar-refractivity contribution < 1.29 is 9.63 Å². The second kappa shape index (κ2) is 11.3. The van der Waals surface area contributed by atoms with Gasteiger partial charge >= 0.3 is 0 Å². The molecule has 0 aromatic heterocycles. The van der Waals surface area contributed by atoms with E-state index in [0.29, 0.717) is 13.0 Å². The second-order valence-corrected chi connectivity index (χ2v) is 4.65. The van der Waals surface area contributed by atoms with Crippen LogP contribution in [0.4, 0.5) is 0 Å². The molecule has 3 nitrogen and oxygen atoms in total. The summed E-state index contributed by atoms with van der Waals surface area (Å²) in [6, 6.07) is 0. The van der Waals surface area contributed by atoms with E-state index in [1.807, 2.05) is 6.92 Å². The minimum Gasteiger partial charge on any atom is -0.303 e. The quantitative estimate of drug-likeness (QED) is 0.270. The van der Waals surface area contributed by atoms with Gasteiger partial charge in [-0.25, -0.2) is 5.48 Å². The molecule has 0 aliphatic carbocycles. The Morgan fingerprint density at radius 3 is 2.83 bits per heavy atom. The first-order chi connectivity index (χ1) is 5.91. The van der Waals surface area contributed by atoms with Gasteiger partial charge in [-0.2, -0.15) is 0 Å². The Balaban J connectivity index is 2.77. The van der Waals surface area contributed by atoms with Crippen LogP contribution in [0.3, 0.4) is 0 Å². The third-order valence-corrected chi connectivity index (χ3v) is 3.32. The predicted octanol–water partition coefficient (Wildman–Crippen LogP) is 1.50. The maximum Gasteiger partial charge on any atom is 0.120 e. The molecule has 0 spiro atoms. The van der Waals surface area contributed by atoms with E-state index in [-0.39, 0.29) is 0 Å². The lowest BCUT2D eigenvalue weighted by atomic mass is 10.6. The van der Waals surface area contributed by atoms with Gasteiger partial charge in [0.15, 0.2) is 0 Å². The highest BCUT2D eigenvalue weighted by Crippen LogP contribution is 2.20.